The molecule has 0 saturated heterocycles. The minimum absolute atomic E-state index is 0. The van der Waals surface area contributed by atoms with E-state index >= 15 is 0 Å². The number of aromatic carboxylic acids is 1. The Morgan fingerprint density at radius 1 is 1.36 bits per heavy atom. The maximum Gasteiger partial charge on any atom is 0.337 e. The van der Waals surface area contributed by atoms with Crippen molar-refractivity contribution in [2.45, 2.75) is 0 Å². The van der Waals surface area contributed by atoms with Crippen LogP contribution in [0.15, 0.2) is 24.3 Å². The van der Waals surface area contributed by atoms with Crippen LogP contribution in [0.4, 0.5) is 5.69 Å². The Hall–Kier alpha value is -0.796. The SMILES string of the molecule is Nc1ccccc1C(=O)O.[4Ti]. The zero-order valence-corrected chi connectivity index (χ0v) is 7.30. The molecule has 0 saturated carbocycles. The number of carbonyl (C=O) groups is 1. The summed E-state index contributed by atoms with van der Waals surface area (Å²) >= 11 is 0. The maximum absolute atomic E-state index is 10.3. The molecule has 0 radical (unpaired) electrons. The summed E-state index contributed by atoms with van der Waals surface area (Å²) in [6, 6.07) is 6.36. The minimum atomic E-state index is -0.988. The van der Waals surface area contributed by atoms with Gasteiger partial charge in [-0.25, -0.2) is 4.79 Å². The summed E-state index contributed by atoms with van der Waals surface area (Å²) in [5.41, 5.74) is 5.80. The molecule has 4 heteroatoms. The predicted octanol–water partition coefficient (Wildman–Crippen LogP) is 0.965. The first-order valence-corrected chi connectivity index (χ1v) is 2.79. The van der Waals surface area contributed by atoms with Crippen LogP contribution in [0.1, 0.15) is 10.4 Å². The number of para-hydroxylation sites is 1. The molecule has 1 rings (SSSR count). The van der Waals surface area contributed by atoms with Gasteiger partial charge in [0.05, 0.1) is 5.56 Å². The van der Waals surface area contributed by atoms with Gasteiger partial charge in [0.2, 0.25) is 0 Å². The number of carboxylic acid groups (broad SMARTS) is 1. The van der Waals surface area contributed by atoms with E-state index in [1.807, 2.05) is 0 Å². The van der Waals surface area contributed by atoms with E-state index in [1.165, 1.54) is 6.07 Å². The third kappa shape index (κ3) is 2.37. The van der Waals surface area contributed by atoms with Crippen molar-refractivity contribution in [3.63, 3.8) is 0 Å². The second kappa shape index (κ2) is 4.16. The molecule has 11 heavy (non-hydrogen) atoms. The van der Waals surface area contributed by atoms with E-state index in [0.29, 0.717) is 5.69 Å². The molecule has 3 nitrogen and oxygen atoms in total. The number of nitrogens with two attached hydrogens (primary N) is 1. The van der Waals surface area contributed by atoms with E-state index in [1.54, 1.807) is 18.2 Å². The molecule has 0 bridgehead atoms. The van der Waals surface area contributed by atoms with Crippen molar-refractivity contribution in [1.82, 2.24) is 0 Å². The van der Waals surface area contributed by atoms with Gasteiger partial charge in [-0.1, -0.05) is 12.1 Å². The molecule has 0 fully saturated rings. The maximum atomic E-state index is 10.3. The van der Waals surface area contributed by atoms with Crippen molar-refractivity contribution in [3.05, 3.63) is 29.8 Å². The topological polar surface area (TPSA) is 63.3 Å². The van der Waals surface area contributed by atoms with Crippen molar-refractivity contribution in [2.24, 2.45) is 0 Å². The van der Waals surface area contributed by atoms with Crippen LogP contribution in [-0.2, 0) is 21.7 Å². The smallest absolute Gasteiger partial charge is 0.337 e. The second-order valence-corrected chi connectivity index (χ2v) is 1.89. The van der Waals surface area contributed by atoms with Crippen molar-refractivity contribution >= 4 is 11.7 Å². The Kier molecular flexibility index (Phi) is 3.86. The van der Waals surface area contributed by atoms with Crippen LogP contribution >= 0.6 is 0 Å². The van der Waals surface area contributed by atoms with Crippen molar-refractivity contribution in [3.8, 4) is 0 Å². The van der Waals surface area contributed by atoms with Crippen LogP contribution in [0.3, 0.4) is 0 Å². The van der Waals surface area contributed by atoms with Gasteiger partial charge < -0.3 is 10.8 Å². The van der Waals surface area contributed by atoms with Gasteiger partial charge in [0.1, 0.15) is 0 Å². The number of rotatable bonds is 1. The van der Waals surface area contributed by atoms with Gasteiger partial charge in [0.15, 0.2) is 0 Å². The second-order valence-electron chi connectivity index (χ2n) is 1.89. The molecular weight excluding hydrogens is 134 g/mol. The molecule has 0 aliphatic heterocycles. The third-order valence-corrected chi connectivity index (χ3v) is 1.19. The van der Waals surface area contributed by atoms with Crippen LogP contribution in [0, 0.1) is 0 Å². The number of anilines is 1. The van der Waals surface area contributed by atoms with Crippen LogP contribution in [0.25, 0.3) is 0 Å². The summed E-state index contributed by atoms with van der Waals surface area (Å²) in [5.74, 6) is -0.988. The van der Waals surface area contributed by atoms with E-state index in [-0.39, 0.29) is 27.3 Å². The fraction of sp³-hybridized carbons (Fsp3) is 0. The predicted molar refractivity (Wildman–Crippen MR) is 37.8 cm³/mol. The zero-order chi connectivity index (χ0) is 7.56. The molecule has 56 valence electrons. The van der Waals surface area contributed by atoms with Crippen molar-refractivity contribution < 1.29 is 31.6 Å². The Balaban J connectivity index is 0.000001000. The van der Waals surface area contributed by atoms with Gasteiger partial charge in [-0.05, 0) is 12.1 Å². The summed E-state index contributed by atoms with van der Waals surface area (Å²) in [4.78, 5) is 10.3. The fourth-order valence-corrected chi connectivity index (χ4v) is 0.692. The molecule has 0 aliphatic carbocycles. The molecular formula is C7H7NO2Ti. The summed E-state index contributed by atoms with van der Waals surface area (Å²) in [6.07, 6.45) is 0. The summed E-state index contributed by atoms with van der Waals surface area (Å²) in [7, 11) is 0. The van der Waals surface area contributed by atoms with Crippen LogP contribution < -0.4 is 5.73 Å². The Morgan fingerprint density at radius 3 is 2.27 bits per heavy atom. The first-order valence-electron chi connectivity index (χ1n) is 2.79. The van der Waals surface area contributed by atoms with E-state index < -0.39 is 5.97 Å². The number of carboxylic acids is 1. The van der Waals surface area contributed by atoms with Gasteiger partial charge in [-0.15, -0.1) is 0 Å². The van der Waals surface area contributed by atoms with E-state index in [2.05, 4.69) is 0 Å². The largest absolute Gasteiger partial charge is 0.478 e. The summed E-state index contributed by atoms with van der Waals surface area (Å²) in [6.45, 7) is 0. The molecule has 0 unspecified atom stereocenters. The Morgan fingerprint density at radius 2 is 1.91 bits per heavy atom. The number of hydrogen-bond donors (Lipinski definition) is 2. The number of benzene rings is 1. The summed E-state index contributed by atoms with van der Waals surface area (Å²) < 4.78 is 0. The first-order chi connectivity index (χ1) is 4.72. The van der Waals surface area contributed by atoms with E-state index in [4.69, 9.17) is 10.8 Å². The van der Waals surface area contributed by atoms with Gasteiger partial charge in [-0.3, -0.25) is 0 Å². The van der Waals surface area contributed by atoms with E-state index in [9.17, 15) is 4.79 Å². The van der Waals surface area contributed by atoms with Gasteiger partial charge >= 0.3 is 5.97 Å². The minimum Gasteiger partial charge on any atom is -0.478 e. The first kappa shape index (κ1) is 10.2. The molecule has 0 aromatic heterocycles. The summed E-state index contributed by atoms with van der Waals surface area (Å²) in [5, 5.41) is 8.49. The van der Waals surface area contributed by atoms with Crippen LogP contribution in [0.5, 0.6) is 0 Å². The molecule has 0 atom stereocenters. The molecule has 0 aliphatic rings. The molecule has 1 aromatic carbocycles. The normalized spacial score (nSPS) is 8.36. The van der Waals surface area contributed by atoms with Gasteiger partial charge in [0.25, 0.3) is 0 Å². The molecule has 0 spiro atoms. The van der Waals surface area contributed by atoms with Crippen LogP contribution in [0.2, 0.25) is 0 Å². The number of hydrogen-bond acceptors (Lipinski definition) is 2. The fourth-order valence-electron chi connectivity index (χ4n) is 0.692. The Labute approximate surface area is 79.1 Å². The average molecular weight is 141 g/mol. The van der Waals surface area contributed by atoms with Gasteiger partial charge in [0, 0.05) is 27.4 Å². The monoisotopic (exact) mass is 141 g/mol. The quantitative estimate of drug-likeness (QED) is 0.452. The third-order valence-electron chi connectivity index (χ3n) is 1.19. The standard InChI is InChI=1S/C7H7NO2.Ti/c8-6-4-2-1-3-5(6)7(9)10;/h1-4H,8H2,(H,9,10);/i;1-44. The van der Waals surface area contributed by atoms with Crippen LogP contribution in [-0.4, -0.2) is 11.1 Å². The zero-order valence-electron chi connectivity index (χ0n) is 5.74. The molecule has 0 amide bonds. The average Bonchev–Trinajstić information content (AvgIpc) is 1.88. The molecule has 0 heterocycles. The van der Waals surface area contributed by atoms with Crippen molar-refractivity contribution in [2.75, 3.05) is 5.73 Å². The molecule has 1 aromatic rings. The Bertz CT molecular complexity index is 262. The van der Waals surface area contributed by atoms with Gasteiger partial charge in [-0.2, -0.15) is 0 Å². The van der Waals surface area contributed by atoms with E-state index in [0.717, 1.165) is 0 Å². The van der Waals surface area contributed by atoms with Crippen molar-refractivity contribution in [1.29, 1.82) is 0 Å². The number of nitrogen functional groups attached to an aromatic ring is 1. The molecule has 3 N–H and O–H groups in total.